The molecule has 1 saturated carbocycles. The van der Waals surface area contributed by atoms with Gasteiger partial charge in [0.25, 0.3) is 0 Å². The Kier molecular flexibility index (Phi) is 6.34. The van der Waals surface area contributed by atoms with Gasteiger partial charge in [-0.3, -0.25) is 9.59 Å². The molecule has 2 amide bonds. The molecule has 1 aromatic rings. The van der Waals surface area contributed by atoms with E-state index in [1.54, 1.807) is 4.90 Å². The molecular weight excluding hydrogens is 385 g/mol. The van der Waals surface area contributed by atoms with Gasteiger partial charge in [0.15, 0.2) is 0 Å². The number of halogens is 1. The standard InChI is InChI=1S/C19H26FN3O4S/c1-14-13-17(14)19(25)21-8-7-18(24)22-9-2-10-23(12-11-22)28(26,27)16-5-3-15(20)4-6-16/h3-6,14,17H,2,7-13H2,1H3,(H,21,25). The van der Waals surface area contributed by atoms with Gasteiger partial charge in [-0.1, -0.05) is 6.92 Å². The van der Waals surface area contributed by atoms with E-state index in [2.05, 4.69) is 5.32 Å². The van der Waals surface area contributed by atoms with Crippen LogP contribution in [0.1, 0.15) is 26.2 Å². The Morgan fingerprint density at radius 2 is 1.82 bits per heavy atom. The summed E-state index contributed by atoms with van der Waals surface area (Å²) in [4.78, 5) is 25.9. The minimum absolute atomic E-state index is 0.00716. The van der Waals surface area contributed by atoms with E-state index in [-0.39, 0.29) is 35.6 Å². The molecule has 2 fully saturated rings. The molecule has 28 heavy (non-hydrogen) atoms. The lowest BCUT2D eigenvalue weighted by molar-refractivity contribution is -0.131. The van der Waals surface area contributed by atoms with Gasteiger partial charge in [0.1, 0.15) is 5.82 Å². The van der Waals surface area contributed by atoms with Crippen LogP contribution < -0.4 is 5.32 Å². The number of hydrogen-bond donors (Lipinski definition) is 1. The Morgan fingerprint density at radius 1 is 1.14 bits per heavy atom. The quantitative estimate of drug-likeness (QED) is 0.762. The molecular formula is C19H26FN3O4S. The zero-order chi connectivity index (χ0) is 20.3. The van der Waals surface area contributed by atoms with Crippen molar-refractivity contribution < 1.29 is 22.4 Å². The van der Waals surface area contributed by atoms with Crippen molar-refractivity contribution in [3.05, 3.63) is 30.1 Å². The van der Waals surface area contributed by atoms with Gasteiger partial charge in [0.2, 0.25) is 21.8 Å². The summed E-state index contributed by atoms with van der Waals surface area (Å²) in [7, 11) is -3.72. The Hall–Kier alpha value is -2.00. The zero-order valence-electron chi connectivity index (χ0n) is 15.9. The molecule has 2 unspecified atom stereocenters. The van der Waals surface area contributed by atoms with Crippen LogP contribution in [-0.2, 0) is 19.6 Å². The lowest BCUT2D eigenvalue weighted by Gasteiger charge is -2.22. The summed E-state index contributed by atoms with van der Waals surface area (Å²) >= 11 is 0. The average Bonchev–Trinajstić information content (AvgIpc) is 3.43. The third-order valence-electron chi connectivity index (χ3n) is 5.34. The Morgan fingerprint density at radius 3 is 2.46 bits per heavy atom. The number of amides is 2. The lowest BCUT2D eigenvalue weighted by Crippen LogP contribution is -2.38. The molecule has 1 saturated heterocycles. The molecule has 1 aromatic carbocycles. The van der Waals surface area contributed by atoms with Crippen molar-refractivity contribution in [3.8, 4) is 0 Å². The van der Waals surface area contributed by atoms with E-state index in [9.17, 15) is 22.4 Å². The van der Waals surface area contributed by atoms with Crippen molar-refractivity contribution in [2.75, 3.05) is 32.7 Å². The van der Waals surface area contributed by atoms with E-state index < -0.39 is 15.8 Å². The summed E-state index contributed by atoms with van der Waals surface area (Å²) in [6.07, 6.45) is 1.64. The third-order valence-corrected chi connectivity index (χ3v) is 7.26. The number of benzene rings is 1. The molecule has 0 aromatic heterocycles. The highest BCUT2D eigenvalue weighted by atomic mass is 32.2. The first kappa shape index (κ1) is 20.7. The average molecular weight is 411 g/mol. The van der Waals surface area contributed by atoms with Crippen molar-refractivity contribution in [3.63, 3.8) is 0 Å². The Labute approximate surface area is 164 Å². The monoisotopic (exact) mass is 411 g/mol. The van der Waals surface area contributed by atoms with E-state index in [4.69, 9.17) is 0 Å². The highest BCUT2D eigenvalue weighted by Crippen LogP contribution is 2.37. The molecule has 3 rings (SSSR count). The highest BCUT2D eigenvalue weighted by Gasteiger charge is 2.38. The lowest BCUT2D eigenvalue weighted by atomic mass is 10.3. The van der Waals surface area contributed by atoms with Crippen molar-refractivity contribution in [2.24, 2.45) is 11.8 Å². The SMILES string of the molecule is CC1CC1C(=O)NCCC(=O)N1CCCN(S(=O)(=O)c2ccc(F)cc2)CC1. The molecule has 9 heteroatoms. The summed E-state index contributed by atoms with van der Waals surface area (Å²) in [5.41, 5.74) is 0. The number of carbonyl (C=O) groups is 2. The molecule has 2 aliphatic rings. The zero-order valence-corrected chi connectivity index (χ0v) is 16.8. The van der Waals surface area contributed by atoms with Crippen molar-refractivity contribution in [1.29, 1.82) is 0 Å². The van der Waals surface area contributed by atoms with Crippen LogP contribution in [-0.4, -0.2) is 62.2 Å². The number of hydrogen-bond acceptors (Lipinski definition) is 4. The van der Waals surface area contributed by atoms with Gasteiger partial charge in [0, 0.05) is 45.1 Å². The van der Waals surface area contributed by atoms with Crippen LogP contribution in [0.2, 0.25) is 0 Å². The van der Waals surface area contributed by atoms with Gasteiger partial charge in [-0.05, 0) is 43.0 Å². The topological polar surface area (TPSA) is 86.8 Å². The summed E-state index contributed by atoms with van der Waals surface area (Å²) in [5, 5.41) is 2.80. The van der Waals surface area contributed by atoms with Gasteiger partial charge in [0.05, 0.1) is 4.90 Å². The Balaban J connectivity index is 1.50. The molecule has 1 aliphatic carbocycles. The summed E-state index contributed by atoms with van der Waals surface area (Å²) in [6, 6.07) is 4.75. The third kappa shape index (κ3) is 4.88. The van der Waals surface area contributed by atoms with Crippen LogP contribution in [0.25, 0.3) is 0 Å². The maximum absolute atomic E-state index is 13.1. The number of sulfonamides is 1. The predicted octanol–water partition coefficient (Wildman–Crippen LogP) is 1.21. The Bertz CT molecular complexity index is 828. The fourth-order valence-corrected chi connectivity index (χ4v) is 4.88. The molecule has 0 radical (unpaired) electrons. The van der Waals surface area contributed by atoms with E-state index in [0.29, 0.717) is 38.5 Å². The summed E-state index contributed by atoms with van der Waals surface area (Å²) in [5.74, 6) is -0.0680. The number of rotatable bonds is 6. The largest absolute Gasteiger partial charge is 0.355 e. The van der Waals surface area contributed by atoms with Gasteiger partial charge >= 0.3 is 0 Å². The van der Waals surface area contributed by atoms with E-state index in [0.717, 1.165) is 18.6 Å². The van der Waals surface area contributed by atoms with E-state index in [1.807, 2.05) is 6.92 Å². The first-order valence-electron chi connectivity index (χ1n) is 9.60. The minimum atomic E-state index is -3.72. The molecule has 154 valence electrons. The van der Waals surface area contributed by atoms with E-state index >= 15 is 0 Å². The molecule has 1 heterocycles. The predicted molar refractivity (Wildman–Crippen MR) is 101 cm³/mol. The summed E-state index contributed by atoms with van der Waals surface area (Å²) < 4.78 is 39.8. The van der Waals surface area contributed by atoms with Crippen LogP contribution >= 0.6 is 0 Å². The highest BCUT2D eigenvalue weighted by molar-refractivity contribution is 7.89. The first-order valence-corrected chi connectivity index (χ1v) is 11.0. The molecule has 1 aliphatic heterocycles. The fraction of sp³-hybridized carbons (Fsp3) is 0.579. The van der Waals surface area contributed by atoms with Gasteiger partial charge < -0.3 is 10.2 Å². The smallest absolute Gasteiger partial charge is 0.243 e. The minimum Gasteiger partial charge on any atom is -0.355 e. The van der Waals surface area contributed by atoms with Crippen LogP contribution in [0.4, 0.5) is 4.39 Å². The molecule has 0 spiro atoms. The van der Waals surface area contributed by atoms with Crippen molar-refractivity contribution in [2.45, 2.75) is 31.1 Å². The van der Waals surface area contributed by atoms with Gasteiger partial charge in [-0.25, -0.2) is 12.8 Å². The fourth-order valence-electron chi connectivity index (χ4n) is 3.41. The molecule has 1 N–H and O–H groups in total. The number of nitrogens with one attached hydrogen (secondary N) is 1. The second kappa shape index (κ2) is 8.57. The maximum atomic E-state index is 13.1. The second-order valence-corrected chi connectivity index (χ2v) is 9.39. The molecule has 7 nitrogen and oxygen atoms in total. The molecule has 0 bridgehead atoms. The number of carbonyl (C=O) groups excluding carboxylic acids is 2. The maximum Gasteiger partial charge on any atom is 0.243 e. The van der Waals surface area contributed by atoms with E-state index in [1.165, 1.54) is 16.4 Å². The van der Waals surface area contributed by atoms with Crippen LogP contribution in [0.5, 0.6) is 0 Å². The number of nitrogens with zero attached hydrogens (tertiary/aromatic N) is 2. The van der Waals surface area contributed by atoms with Crippen molar-refractivity contribution in [1.82, 2.24) is 14.5 Å². The van der Waals surface area contributed by atoms with Crippen LogP contribution in [0.3, 0.4) is 0 Å². The normalized spacial score (nSPS) is 23.1. The van der Waals surface area contributed by atoms with Crippen LogP contribution in [0.15, 0.2) is 29.2 Å². The van der Waals surface area contributed by atoms with Gasteiger partial charge in [-0.15, -0.1) is 0 Å². The molecule has 2 atom stereocenters. The summed E-state index contributed by atoms with van der Waals surface area (Å²) in [6.45, 7) is 3.60. The van der Waals surface area contributed by atoms with Gasteiger partial charge in [-0.2, -0.15) is 4.31 Å². The second-order valence-electron chi connectivity index (χ2n) is 7.45. The first-order chi connectivity index (χ1) is 13.3. The van der Waals surface area contributed by atoms with Crippen molar-refractivity contribution >= 4 is 21.8 Å². The van der Waals surface area contributed by atoms with Crippen LogP contribution in [0, 0.1) is 17.7 Å².